The summed E-state index contributed by atoms with van der Waals surface area (Å²) in [5.41, 5.74) is 4.66. The quantitative estimate of drug-likeness (QED) is 0.212. The molecule has 0 spiro atoms. The Morgan fingerprint density at radius 3 is 2.53 bits per heavy atom. The Kier molecular flexibility index (Phi) is 10.9. The lowest BCUT2D eigenvalue weighted by Crippen LogP contribution is -2.40. The molecule has 0 amide bonds. The molecule has 1 saturated carbocycles. The first kappa shape index (κ1) is 29.8. The van der Waals surface area contributed by atoms with Gasteiger partial charge in [0.15, 0.2) is 5.78 Å². The van der Waals surface area contributed by atoms with E-state index in [-0.39, 0.29) is 23.9 Å². The van der Waals surface area contributed by atoms with Crippen molar-refractivity contribution in [2.24, 2.45) is 5.92 Å². The molecule has 1 aromatic heterocycles. The number of Topliss-reactive ketones (excluding diaryl/α,β-unsaturated/α-hetero) is 1. The van der Waals surface area contributed by atoms with Crippen LogP contribution in [0, 0.1) is 5.92 Å². The number of hydrogen-bond donors (Lipinski definition) is 1. The van der Waals surface area contributed by atoms with Crippen LogP contribution in [0.2, 0.25) is 0 Å². The average Bonchev–Trinajstić information content (AvgIpc) is 3.50. The highest BCUT2D eigenvalue weighted by Crippen LogP contribution is 2.26. The summed E-state index contributed by atoms with van der Waals surface area (Å²) >= 11 is 0. The van der Waals surface area contributed by atoms with Crippen LogP contribution in [-0.2, 0) is 27.4 Å². The molecule has 38 heavy (non-hydrogen) atoms. The summed E-state index contributed by atoms with van der Waals surface area (Å²) in [5.74, 6) is 1.16. The van der Waals surface area contributed by atoms with Gasteiger partial charge >= 0.3 is 5.97 Å². The molecule has 1 fully saturated rings. The molecule has 0 saturated heterocycles. The number of benzene rings is 1. The fraction of sp³-hybridized carbons (Fsp3) is 0.581. The van der Waals surface area contributed by atoms with Gasteiger partial charge in [-0.05, 0) is 102 Å². The molecule has 3 rings (SSSR count). The number of aromatic nitrogens is 2. The van der Waals surface area contributed by atoms with Gasteiger partial charge in [-0.2, -0.15) is 0 Å². The van der Waals surface area contributed by atoms with Crippen molar-refractivity contribution < 1.29 is 14.3 Å². The van der Waals surface area contributed by atoms with E-state index in [1.54, 1.807) is 6.92 Å². The lowest BCUT2D eigenvalue weighted by atomic mass is 10.0. The van der Waals surface area contributed by atoms with Gasteiger partial charge in [0, 0.05) is 25.2 Å². The first-order valence-electron chi connectivity index (χ1n) is 14.0. The Bertz CT molecular complexity index is 1170. The fourth-order valence-corrected chi connectivity index (χ4v) is 4.87. The minimum Gasteiger partial charge on any atom is -0.461 e. The van der Waals surface area contributed by atoms with Crippen molar-refractivity contribution in [2.45, 2.75) is 92.0 Å². The molecule has 1 aromatic carbocycles. The third-order valence-electron chi connectivity index (χ3n) is 7.21. The monoisotopic (exact) mass is 522 g/mol. The number of imidazole rings is 1. The predicted molar refractivity (Wildman–Crippen MR) is 155 cm³/mol. The van der Waals surface area contributed by atoms with Gasteiger partial charge in [0.1, 0.15) is 18.0 Å². The van der Waals surface area contributed by atoms with E-state index in [1.807, 2.05) is 26.0 Å². The number of rotatable bonds is 13. The van der Waals surface area contributed by atoms with Gasteiger partial charge < -0.3 is 19.5 Å². The third kappa shape index (κ3) is 8.11. The highest BCUT2D eigenvalue weighted by Gasteiger charge is 2.26. The maximum Gasteiger partial charge on any atom is 0.323 e. The van der Waals surface area contributed by atoms with E-state index in [9.17, 15) is 9.59 Å². The maximum absolute atomic E-state index is 12.9. The minimum atomic E-state index is -0.325. The van der Waals surface area contributed by atoms with Crippen molar-refractivity contribution in [3.8, 4) is 0 Å². The highest BCUT2D eigenvalue weighted by molar-refractivity contribution is 5.96. The van der Waals surface area contributed by atoms with Crippen LogP contribution in [0.25, 0.3) is 16.6 Å². The summed E-state index contributed by atoms with van der Waals surface area (Å²) in [4.78, 5) is 32.0. The second kappa shape index (κ2) is 13.9. The Morgan fingerprint density at radius 1 is 1.21 bits per heavy atom. The van der Waals surface area contributed by atoms with Crippen molar-refractivity contribution >= 4 is 28.4 Å². The van der Waals surface area contributed by atoms with Gasteiger partial charge in [-0.1, -0.05) is 26.0 Å². The maximum atomic E-state index is 12.9. The number of carbonyl (C=O) groups is 2. The number of ether oxygens (including phenoxy) is 1. The minimum absolute atomic E-state index is 0.0519. The lowest BCUT2D eigenvalue weighted by Gasteiger charge is -2.22. The van der Waals surface area contributed by atoms with Gasteiger partial charge in [-0.15, -0.1) is 0 Å². The van der Waals surface area contributed by atoms with Crippen molar-refractivity contribution in [2.75, 3.05) is 20.6 Å². The predicted octanol–water partition coefficient (Wildman–Crippen LogP) is 5.53. The number of carbonyl (C=O) groups excluding carboxylic acids is 2. The third-order valence-corrected chi connectivity index (χ3v) is 7.21. The fourth-order valence-electron chi connectivity index (χ4n) is 4.87. The zero-order valence-electron chi connectivity index (χ0n) is 24.3. The Hall–Kier alpha value is -2.77. The van der Waals surface area contributed by atoms with Crippen LogP contribution in [0.3, 0.4) is 0 Å². The normalized spacial score (nSPS) is 16.1. The van der Waals surface area contributed by atoms with Gasteiger partial charge in [0.25, 0.3) is 0 Å². The van der Waals surface area contributed by atoms with Crippen LogP contribution in [0.5, 0.6) is 0 Å². The first-order valence-corrected chi connectivity index (χ1v) is 14.0. The zero-order valence-corrected chi connectivity index (χ0v) is 24.3. The molecule has 1 N–H and O–H groups in total. The summed E-state index contributed by atoms with van der Waals surface area (Å²) in [6, 6.07) is 5.99. The molecule has 1 atom stereocenters. The number of ketones is 1. The largest absolute Gasteiger partial charge is 0.461 e. The van der Waals surface area contributed by atoms with Crippen LogP contribution in [-0.4, -0.2) is 59.0 Å². The summed E-state index contributed by atoms with van der Waals surface area (Å²) in [5, 5.41) is 3.47. The molecule has 1 heterocycles. The van der Waals surface area contributed by atoms with Crippen LogP contribution in [0.15, 0.2) is 35.9 Å². The standard InChI is InChI=1S/C31H46N4O3/c1-8-25(18-22(4)23(5)36)30-33-27-19-24(13-14-29(27)35(30)16-15-34(6)7)20-32-28(17-21(2)3)31(37)38-26-11-9-10-12-26/h8,13-14,18-19,21,26,28,32H,9-12,15-17,20H2,1-7H3/b22-18-,25-8+. The zero-order chi connectivity index (χ0) is 27.8. The van der Waals surface area contributed by atoms with E-state index in [0.29, 0.717) is 18.0 Å². The number of esters is 1. The smallest absolute Gasteiger partial charge is 0.323 e. The average molecular weight is 523 g/mol. The molecule has 1 unspecified atom stereocenters. The molecule has 1 aliphatic carbocycles. The second-order valence-electron chi connectivity index (χ2n) is 11.2. The number of likely N-dealkylation sites (N-methyl/N-ethyl adjacent to an activating group) is 1. The summed E-state index contributed by atoms with van der Waals surface area (Å²) in [6.45, 7) is 11.9. The number of allylic oxidation sites excluding steroid dienone is 4. The van der Waals surface area contributed by atoms with Crippen molar-refractivity contribution in [3.05, 3.63) is 47.3 Å². The van der Waals surface area contributed by atoms with E-state index in [2.05, 4.69) is 60.9 Å². The SMILES string of the molecule is C/C=C(\C=C(\C)C(C)=O)c1nc2cc(CNC(CC(C)C)C(=O)OC3CCCC3)ccc2n1CCN(C)C. The summed E-state index contributed by atoms with van der Waals surface area (Å²) < 4.78 is 8.06. The Labute approximate surface area is 228 Å². The van der Waals surface area contributed by atoms with Gasteiger partial charge in [-0.3, -0.25) is 9.59 Å². The molecule has 208 valence electrons. The van der Waals surface area contributed by atoms with E-state index in [1.165, 1.54) is 0 Å². The molecular formula is C31H46N4O3. The van der Waals surface area contributed by atoms with Gasteiger partial charge in [0.2, 0.25) is 0 Å². The molecule has 1 aliphatic rings. The molecule has 0 aliphatic heterocycles. The summed E-state index contributed by atoms with van der Waals surface area (Å²) in [6.07, 6.45) is 8.98. The molecule has 0 bridgehead atoms. The van der Waals surface area contributed by atoms with Crippen LogP contribution >= 0.6 is 0 Å². The molecule has 2 aromatic rings. The van der Waals surface area contributed by atoms with Gasteiger partial charge in [0.05, 0.1) is 11.0 Å². The lowest BCUT2D eigenvalue weighted by molar-refractivity contribution is -0.151. The van der Waals surface area contributed by atoms with Gasteiger partial charge in [-0.25, -0.2) is 4.98 Å². The number of hydrogen-bond acceptors (Lipinski definition) is 6. The molecule has 7 heteroatoms. The Morgan fingerprint density at radius 2 is 1.92 bits per heavy atom. The van der Waals surface area contributed by atoms with Crippen molar-refractivity contribution in [1.29, 1.82) is 0 Å². The Balaban J connectivity index is 1.86. The molecular weight excluding hydrogens is 476 g/mol. The number of fused-ring (bicyclic) bond motifs is 1. The van der Waals surface area contributed by atoms with E-state index < -0.39 is 0 Å². The molecule has 0 radical (unpaired) electrons. The van der Waals surface area contributed by atoms with Crippen molar-refractivity contribution in [1.82, 2.24) is 19.8 Å². The summed E-state index contributed by atoms with van der Waals surface area (Å²) in [7, 11) is 4.12. The second-order valence-corrected chi connectivity index (χ2v) is 11.2. The first-order chi connectivity index (χ1) is 18.1. The molecule has 7 nitrogen and oxygen atoms in total. The van der Waals surface area contributed by atoms with Crippen molar-refractivity contribution in [3.63, 3.8) is 0 Å². The van der Waals surface area contributed by atoms with Crippen LogP contribution in [0.4, 0.5) is 0 Å². The number of nitrogens with one attached hydrogen (secondary N) is 1. The van der Waals surface area contributed by atoms with Crippen LogP contribution in [0.1, 0.15) is 78.1 Å². The highest BCUT2D eigenvalue weighted by atomic mass is 16.5. The van der Waals surface area contributed by atoms with E-state index in [4.69, 9.17) is 9.72 Å². The van der Waals surface area contributed by atoms with Crippen LogP contribution < -0.4 is 5.32 Å². The topological polar surface area (TPSA) is 76.5 Å². The number of nitrogens with zero attached hydrogens (tertiary/aromatic N) is 3. The van der Waals surface area contributed by atoms with E-state index in [0.717, 1.165) is 73.2 Å². The van der Waals surface area contributed by atoms with E-state index >= 15 is 0 Å².